The third-order valence-electron chi connectivity index (χ3n) is 3.27. The quantitative estimate of drug-likeness (QED) is 0.860. The normalized spacial score (nSPS) is 12.3. The highest BCUT2D eigenvalue weighted by Gasteiger charge is 2.14. The number of rotatable bonds is 5. The van der Waals surface area contributed by atoms with E-state index in [4.69, 9.17) is 5.73 Å². The number of hydrogen-bond donors (Lipinski definition) is 2. The second-order valence-electron chi connectivity index (χ2n) is 4.54. The highest BCUT2D eigenvalue weighted by atomic mass is 14.9. The molecule has 0 spiro atoms. The molecule has 0 radical (unpaired) electrons. The van der Waals surface area contributed by atoms with Gasteiger partial charge >= 0.3 is 0 Å². The molecule has 4 nitrogen and oxygen atoms in total. The number of hydrogen-bond acceptors (Lipinski definition) is 4. The lowest BCUT2D eigenvalue weighted by Crippen LogP contribution is -2.21. The average Bonchev–Trinajstić information content (AvgIpc) is 2.45. The molecule has 0 saturated heterocycles. The molecule has 0 bridgehead atoms. The number of aromatic nitrogens is 2. The standard InChI is InChI=1S/C15H20N4/c1-3-12-5-4-7-19-15(12)13(17-2)9-11-6-8-18-14(16)10-11/h4-8,10,13,17H,3,9H2,1-2H3,(H2,16,18). The number of nitrogens with zero attached hydrogens (tertiary/aromatic N) is 2. The Morgan fingerprint density at radius 3 is 2.79 bits per heavy atom. The predicted molar refractivity (Wildman–Crippen MR) is 77.8 cm³/mol. The van der Waals surface area contributed by atoms with Crippen molar-refractivity contribution in [2.24, 2.45) is 0 Å². The minimum atomic E-state index is 0.193. The van der Waals surface area contributed by atoms with Crippen molar-refractivity contribution in [1.82, 2.24) is 15.3 Å². The lowest BCUT2D eigenvalue weighted by atomic mass is 9.99. The van der Waals surface area contributed by atoms with Crippen molar-refractivity contribution >= 4 is 5.82 Å². The maximum atomic E-state index is 5.72. The average molecular weight is 256 g/mol. The Hall–Kier alpha value is -1.94. The molecule has 0 aliphatic carbocycles. The summed E-state index contributed by atoms with van der Waals surface area (Å²) in [5.41, 5.74) is 9.28. The molecule has 0 aromatic carbocycles. The van der Waals surface area contributed by atoms with Crippen LogP contribution in [0, 0.1) is 0 Å². The number of aryl methyl sites for hydroxylation is 1. The van der Waals surface area contributed by atoms with Gasteiger partial charge in [0, 0.05) is 12.4 Å². The summed E-state index contributed by atoms with van der Waals surface area (Å²) in [6.07, 6.45) is 5.43. The monoisotopic (exact) mass is 256 g/mol. The maximum absolute atomic E-state index is 5.72. The van der Waals surface area contributed by atoms with Crippen LogP contribution in [0.25, 0.3) is 0 Å². The number of nitrogens with two attached hydrogens (primary N) is 1. The summed E-state index contributed by atoms with van der Waals surface area (Å²) < 4.78 is 0. The van der Waals surface area contributed by atoms with Crippen LogP contribution in [0.1, 0.15) is 29.8 Å². The zero-order valence-corrected chi connectivity index (χ0v) is 11.4. The topological polar surface area (TPSA) is 63.8 Å². The number of nitrogens with one attached hydrogen (secondary N) is 1. The number of nitrogen functional groups attached to an aromatic ring is 1. The molecule has 19 heavy (non-hydrogen) atoms. The fourth-order valence-electron chi connectivity index (χ4n) is 2.26. The van der Waals surface area contributed by atoms with Gasteiger partial charge in [-0.3, -0.25) is 4.98 Å². The minimum Gasteiger partial charge on any atom is -0.384 e. The Morgan fingerprint density at radius 1 is 1.26 bits per heavy atom. The summed E-state index contributed by atoms with van der Waals surface area (Å²) in [7, 11) is 1.96. The second-order valence-corrected chi connectivity index (χ2v) is 4.54. The number of likely N-dealkylation sites (N-methyl/N-ethyl adjacent to an activating group) is 1. The first-order valence-corrected chi connectivity index (χ1v) is 6.56. The first-order chi connectivity index (χ1) is 9.24. The second kappa shape index (κ2) is 6.29. The number of anilines is 1. The molecule has 100 valence electrons. The van der Waals surface area contributed by atoms with Crippen LogP contribution >= 0.6 is 0 Å². The van der Waals surface area contributed by atoms with Crippen molar-refractivity contribution in [2.75, 3.05) is 12.8 Å². The molecule has 3 N–H and O–H groups in total. The summed E-state index contributed by atoms with van der Waals surface area (Å²) in [6.45, 7) is 2.15. The molecule has 0 saturated carbocycles. The van der Waals surface area contributed by atoms with Gasteiger partial charge in [0.1, 0.15) is 5.82 Å². The van der Waals surface area contributed by atoms with Crippen molar-refractivity contribution in [2.45, 2.75) is 25.8 Å². The molecule has 2 heterocycles. The molecule has 2 aromatic rings. The van der Waals surface area contributed by atoms with E-state index in [1.54, 1.807) is 6.20 Å². The Bertz CT molecular complexity index is 539. The third kappa shape index (κ3) is 3.29. The maximum Gasteiger partial charge on any atom is 0.123 e. The van der Waals surface area contributed by atoms with Crippen molar-refractivity contribution in [3.05, 3.63) is 53.5 Å². The van der Waals surface area contributed by atoms with Gasteiger partial charge in [0.25, 0.3) is 0 Å². The van der Waals surface area contributed by atoms with Gasteiger partial charge in [-0.25, -0.2) is 4.98 Å². The van der Waals surface area contributed by atoms with E-state index >= 15 is 0 Å². The number of pyridine rings is 2. The molecular weight excluding hydrogens is 236 g/mol. The predicted octanol–water partition coefficient (Wildman–Crippen LogP) is 2.12. The SMILES string of the molecule is CCc1cccnc1C(Cc1ccnc(N)c1)NC. The van der Waals surface area contributed by atoms with E-state index in [-0.39, 0.29) is 6.04 Å². The fraction of sp³-hybridized carbons (Fsp3) is 0.333. The van der Waals surface area contributed by atoms with Crippen LogP contribution in [-0.2, 0) is 12.8 Å². The summed E-state index contributed by atoms with van der Waals surface area (Å²) in [6, 6.07) is 8.22. The Balaban J connectivity index is 2.25. The van der Waals surface area contributed by atoms with Crippen molar-refractivity contribution in [3.8, 4) is 0 Å². The van der Waals surface area contributed by atoms with Gasteiger partial charge in [0.05, 0.1) is 11.7 Å². The van der Waals surface area contributed by atoms with Crippen LogP contribution in [-0.4, -0.2) is 17.0 Å². The van der Waals surface area contributed by atoms with E-state index in [1.165, 1.54) is 11.1 Å². The molecule has 0 amide bonds. The van der Waals surface area contributed by atoms with Crippen molar-refractivity contribution in [1.29, 1.82) is 0 Å². The molecule has 0 fully saturated rings. The fourth-order valence-corrected chi connectivity index (χ4v) is 2.26. The molecule has 2 aromatic heterocycles. The van der Waals surface area contributed by atoms with Crippen LogP contribution in [0.4, 0.5) is 5.82 Å². The van der Waals surface area contributed by atoms with Gasteiger partial charge in [-0.15, -0.1) is 0 Å². The van der Waals surface area contributed by atoms with Crippen LogP contribution in [0.15, 0.2) is 36.7 Å². The Morgan fingerprint density at radius 2 is 2.11 bits per heavy atom. The Kier molecular flexibility index (Phi) is 4.47. The molecule has 1 unspecified atom stereocenters. The largest absolute Gasteiger partial charge is 0.384 e. The highest BCUT2D eigenvalue weighted by molar-refractivity contribution is 5.33. The summed E-state index contributed by atoms with van der Waals surface area (Å²) in [5, 5.41) is 3.34. The lowest BCUT2D eigenvalue weighted by molar-refractivity contribution is 0.570. The van der Waals surface area contributed by atoms with Crippen LogP contribution in [0.2, 0.25) is 0 Å². The zero-order valence-electron chi connectivity index (χ0n) is 11.4. The van der Waals surface area contributed by atoms with Crippen LogP contribution in [0.5, 0.6) is 0 Å². The van der Waals surface area contributed by atoms with Crippen molar-refractivity contribution in [3.63, 3.8) is 0 Å². The first-order valence-electron chi connectivity index (χ1n) is 6.56. The summed E-state index contributed by atoms with van der Waals surface area (Å²) in [4.78, 5) is 8.55. The van der Waals surface area contributed by atoms with E-state index in [2.05, 4.69) is 28.3 Å². The summed E-state index contributed by atoms with van der Waals surface area (Å²) >= 11 is 0. The molecule has 2 rings (SSSR count). The Labute approximate surface area is 114 Å². The highest BCUT2D eigenvalue weighted by Crippen LogP contribution is 2.20. The first kappa shape index (κ1) is 13.5. The lowest BCUT2D eigenvalue weighted by Gasteiger charge is -2.18. The van der Waals surface area contributed by atoms with Crippen LogP contribution in [0.3, 0.4) is 0 Å². The molecule has 1 atom stereocenters. The van der Waals surface area contributed by atoms with Gasteiger partial charge < -0.3 is 11.1 Å². The van der Waals surface area contributed by atoms with Gasteiger partial charge in [-0.2, -0.15) is 0 Å². The molecule has 4 heteroatoms. The van der Waals surface area contributed by atoms with E-state index in [0.29, 0.717) is 5.82 Å². The van der Waals surface area contributed by atoms with Gasteiger partial charge in [-0.05, 0) is 49.2 Å². The van der Waals surface area contributed by atoms with E-state index in [0.717, 1.165) is 18.5 Å². The zero-order chi connectivity index (χ0) is 13.7. The molecule has 0 aliphatic rings. The molecule has 0 aliphatic heterocycles. The van der Waals surface area contributed by atoms with Gasteiger partial charge in [-0.1, -0.05) is 13.0 Å². The van der Waals surface area contributed by atoms with Crippen LogP contribution < -0.4 is 11.1 Å². The van der Waals surface area contributed by atoms with Gasteiger partial charge in [0.2, 0.25) is 0 Å². The van der Waals surface area contributed by atoms with Crippen molar-refractivity contribution < 1.29 is 0 Å². The summed E-state index contributed by atoms with van der Waals surface area (Å²) in [5.74, 6) is 0.559. The van der Waals surface area contributed by atoms with E-state index in [9.17, 15) is 0 Å². The smallest absolute Gasteiger partial charge is 0.123 e. The van der Waals surface area contributed by atoms with E-state index in [1.807, 2.05) is 31.4 Å². The van der Waals surface area contributed by atoms with Gasteiger partial charge in [0.15, 0.2) is 0 Å². The minimum absolute atomic E-state index is 0.193. The molecular formula is C15H20N4. The third-order valence-corrected chi connectivity index (χ3v) is 3.27. The van der Waals surface area contributed by atoms with E-state index < -0.39 is 0 Å².